The van der Waals surface area contributed by atoms with Crippen molar-refractivity contribution in [3.05, 3.63) is 0 Å². The van der Waals surface area contributed by atoms with Crippen molar-refractivity contribution >= 4 is 0 Å². The van der Waals surface area contributed by atoms with E-state index in [1.165, 1.54) is 32.1 Å². The zero-order valence-corrected chi connectivity index (χ0v) is 8.52. The lowest BCUT2D eigenvalue weighted by molar-refractivity contribution is 0.140. The van der Waals surface area contributed by atoms with Gasteiger partial charge in [-0.2, -0.15) is 0 Å². The molecule has 0 spiro atoms. The summed E-state index contributed by atoms with van der Waals surface area (Å²) in [7, 11) is 0. The predicted molar refractivity (Wildman–Crippen MR) is 50.1 cm³/mol. The van der Waals surface area contributed by atoms with Gasteiger partial charge in [0.1, 0.15) is 0 Å². The number of ether oxygens (including phenoxy) is 1. The van der Waals surface area contributed by atoms with E-state index in [0.29, 0.717) is 11.5 Å². The highest BCUT2D eigenvalue weighted by Gasteiger charge is 2.62. The molecule has 2 fully saturated rings. The van der Waals surface area contributed by atoms with E-state index in [9.17, 15) is 0 Å². The molecule has 1 nitrogen and oxygen atoms in total. The van der Waals surface area contributed by atoms with Gasteiger partial charge in [0, 0.05) is 0 Å². The van der Waals surface area contributed by atoms with Gasteiger partial charge >= 0.3 is 0 Å². The van der Waals surface area contributed by atoms with Gasteiger partial charge < -0.3 is 4.74 Å². The third kappa shape index (κ3) is 1.10. The first kappa shape index (κ1) is 8.55. The van der Waals surface area contributed by atoms with E-state index in [1.54, 1.807) is 0 Å². The van der Waals surface area contributed by atoms with Crippen molar-refractivity contribution in [3.63, 3.8) is 0 Å². The van der Waals surface area contributed by atoms with Crippen LogP contribution in [0.15, 0.2) is 0 Å². The van der Waals surface area contributed by atoms with Crippen LogP contribution in [-0.2, 0) is 4.74 Å². The predicted octanol–water partition coefficient (Wildman–Crippen LogP) is 3.13. The summed E-state index contributed by atoms with van der Waals surface area (Å²) in [6, 6.07) is 0. The fraction of sp³-hybridized carbons (Fsp3) is 1.00. The molecule has 1 aliphatic heterocycles. The Balaban J connectivity index is 2.12. The van der Waals surface area contributed by atoms with Crippen LogP contribution in [0.3, 0.4) is 0 Å². The van der Waals surface area contributed by atoms with Gasteiger partial charge in [-0.25, -0.2) is 0 Å². The first-order valence-electron chi connectivity index (χ1n) is 5.24. The molecule has 2 rings (SSSR count). The largest absolute Gasteiger partial charge is 0.365 e. The highest BCUT2D eigenvalue weighted by Crippen LogP contribution is 2.56. The molecule has 1 saturated heterocycles. The van der Waals surface area contributed by atoms with Gasteiger partial charge in [0.05, 0.1) is 11.7 Å². The van der Waals surface area contributed by atoms with Crippen LogP contribution in [0.4, 0.5) is 0 Å². The molecule has 0 radical (unpaired) electrons. The Kier molecular flexibility index (Phi) is 1.76. The van der Waals surface area contributed by atoms with Crippen molar-refractivity contribution in [3.8, 4) is 0 Å². The fourth-order valence-electron chi connectivity index (χ4n) is 2.66. The molecular formula is C11H20O. The van der Waals surface area contributed by atoms with Gasteiger partial charge in [0.15, 0.2) is 0 Å². The molecule has 1 heteroatoms. The third-order valence-corrected chi connectivity index (χ3v) is 3.60. The van der Waals surface area contributed by atoms with E-state index in [4.69, 9.17) is 4.74 Å². The SMILES string of the molecule is CC(C)(C)[C@@]12CCCCC[C@@H]1O2. The molecule has 1 heterocycles. The molecule has 1 saturated carbocycles. The summed E-state index contributed by atoms with van der Waals surface area (Å²) < 4.78 is 5.91. The minimum absolute atomic E-state index is 0.267. The lowest BCUT2D eigenvalue weighted by atomic mass is 9.76. The molecule has 12 heavy (non-hydrogen) atoms. The average molecular weight is 168 g/mol. The van der Waals surface area contributed by atoms with E-state index >= 15 is 0 Å². The van der Waals surface area contributed by atoms with Gasteiger partial charge in [-0.3, -0.25) is 0 Å². The van der Waals surface area contributed by atoms with Crippen LogP contribution >= 0.6 is 0 Å². The first-order chi connectivity index (χ1) is 5.56. The monoisotopic (exact) mass is 168 g/mol. The Morgan fingerprint density at radius 2 is 1.92 bits per heavy atom. The lowest BCUT2D eigenvalue weighted by Crippen LogP contribution is -2.32. The molecular weight excluding hydrogens is 148 g/mol. The van der Waals surface area contributed by atoms with Crippen LogP contribution in [0.5, 0.6) is 0 Å². The number of fused-ring (bicyclic) bond motifs is 1. The van der Waals surface area contributed by atoms with Crippen molar-refractivity contribution in [2.75, 3.05) is 0 Å². The minimum Gasteiger partial charge on any atom is -0.365 e. The van der Waals surface area contributed by atoms with Gasteiger partial charge in [-0.05, 0) is 18.3 Å². The molecule has 1 aliphatic carbocycles. The van der Waals surface area contributed by atoms with Crippen LogP contribution in [0.1, 0.15) is 52.9 Å². The Hall–Kier alpha value is -0.0400. The standard InChI is InChI=1S/C11H20O/c1-10(2,3)11-8-6-4-5-7-9(11)12-11/h9H,4-8H2,1-3H3/t9-,11+/m0/s1. The molecule has 0 N–H and O–H groups in total. The number of epoxide rings is 1. The lowest BCUT2D eigenvalue weighted by Gasteiger charge is -2.27. The number of hydrogen-bond donors (Lipinski definition) is 0. The Labute approximate surface area is 75.5 Å². The van der Waals surface area contributed by atoms with Crippen molar-refractivity contribution < 1.29 is 4.74 Å². The highest BCUT2D eigenvalue weighted by molar-refractivity contribution is 5.10. The van der Waals surface area contributed by atoms with E-state index < -0.39 is 0 Å². The van der Waals surface area contributed by atoms with E-state index in [2.05, 4.69) is 20.8 Å². The second-order valence-electron chi connectivity index (χ2n) is 5.35. The van der Waals surface area contributed by atoms with Gasteiger partial charge in [0.2, 0.25) is 0 Å². The molecule has 0 bridgehead atoms. The van der Waals surface area contributed by atoms with Crippen LogP contribution < -0.4 is 0 Å². The van der Waals surface area contributed by atoms with E-state index in [0.717, 1.165) is 0 Å². The first-order valence-corrected chi connectivity index (χ1v) is 5.24. The second-order valence-corrected chi connectivity index (χ2v) is 5.35. The molecule has 0 unspecified atom stereocenters. The van der Waals surface area contributed by atoms with E-state index in [1.807, 2.05) is 0 Å². The number of hydrogen-bond acceptors (Lipinski definition) is 1. The normalized spacial score (nSPS) is 41.8. The zero-order valence-electron chi connectivity index (χ0n) is 8.52. The molecule has 2 aliphatic rings. The summed E-state index contributed by atoms with van der Waals surface area (Å²) in [5, 5.41) is 0. The van der Waals surface area contributed by atoms with Crippen molar-refractivity contribution in [2.45, 2.75) is 64.6 Å². The van der Waals surface area contributed by atoms with Crippen LogP contribution in [0.2, 0.25) is 0 Å². The maximum absolute atomic E-state index is 5.91. The maximum Gasteiger partial charge on any atom is 0.0996 e. The maximum atomic E-state index is 5.91. The Bertz CT molecular complexity index is 180. The van der Waals surface area contributed by atoms with Crippen molar-refractivity contribution in [2.24, 2.45) is 5.41 Å². The summed E-state index contributed by atoms with van der Waals surface area (Å²) in [5.41, 5.74) is 0.617. The minimum atomic E-state index is 0.267. The van der Waals surface area contributed by atoms with Gasteiger partial charge in [-0.1, -0.05) is 40.0 Å². The second kappa shape index (κ2) is 2.47. The summed E-state index contributed by atoms with van der Waals surface area (Å²) in [6.07, 6.45) is 7.35. The Morgan fingerprint density at radius 1 is 1.17 bits per heavy atom. The summed E-state index contributed by atoms with van der Waals surface area (Å²) in [4.78, 5) is 0. The van der Waals surface area contributed by atoms with Gasteiger partial charge in [0.25, 0.3) is 0 Å². The fourth-order valence-corrected chi connectivity index (χ4v) is 2.66. The average Bonchev–Trinajstić information content (AvgIpc) is 2.55. The van der Waals surface area contributed by atoms with Crippen molar-refractivity contribution in [1.82, 2.24) is 0 Å². The van der Waals surface area contributed by atoms with Crippen LogP contribution in [0.25, 0.3) is 0 Å². The van der Waals surface area contributed by atoms with Crippen LogP contribution in [0, 0.1) is 5.41 Å². The molecule has 70 valence electrons. The number of rotatable bonds is 0. The molecule has 0 aromatic rings. The summed E-state index contributed by atoms with van der Waals surface area (Å²) >= 11 is 0. The molecule has 0 aromatic carbocycles. The topological polar surface area (TPSA) is 12.5 Å². The molecule has 0 aromatic heterocycles. The van der Waals surface area contributed by atoms with Gasteiger partial charge in [-0.15, -0.1) is 0 Å². The summed E-state index contributed by atoms with van der Waals surface area (Å²) in [6.45, 7) is 6.95. The Morgan fingerprint density at radius 3 is 2.58 bits per heavy atom. The molecule has 0 amide bonds. The van der Waals surface area contributed by atoms with Crippen molar-refractivity contribution in [1.29, 1.82) is 0 Å². The summed E-state index contributed by atoms with van der Waals surface area (Å²) in [5.74, 6) is 0. The van der Waals surface area contributed by atoms with E-state index in [-0.39, 0.29) is 5.60 Å². The zero-order chi connectivity index (χ0) is 8.82. The third-order valence-electron chi connectivity index (χ3n) is 3.60. The highest BCUT2D eigenvalue weighted by atomic mass is 16.6. The quantitative estimate of drug-likeness (QED) is 0.506. The smallest absolute Gasteiger partial charge is 0.0996 e. The molecule has 2 atom stereocenters. The van der Waals surface area contributed by atoms with Crippen LogP contribution in [-0.4, -0.2) is 11.7 Å².